The molecule has 0 aliphatic carbocycles. The summed E-state index contributed by atoms with van der Waals surface area (Å²) in [5.74, 6) is 0.710. The van der Waals surface area contributed by atoms with Crippen molar-refractivity contribution in [3.8, 4) is 17.3 Å². The molecule has 0 fully saturated rings. The van der Waals surface area contributed by atoms with Gasteiger partial charge >= 0.3 is 0 Å². The van der Waals surface area contributed by atoms with Gasteiger partial charge in [-0.05, 0) is 62.2 Å². The van der Waals surface area contributed by atoms with E-state index in [-0.39, 0.29) is 22.5 Å². The molecule has 1 aromatic carbocycles. The van der Waals surface area contributed by atoms with Crippen LogP contribution >= 0.6 is 23.2 Å². The average molecular weight is 538 g/mol. The first-order valence-corrected chi connectivity index (χ1v) is 12.5. The number of aryl methyl sites for hydroxylation is 2. The Morgan fingerprint density at radius 3 is 2.51 bits per heavy atom. The minimum absolute atomic E-state index is 0.0245. The SMILES string of the molecule is COc1ncccc1-c1nc2c(n1C(C)C)C(c1ccc(Cl)cc1C)N(c1cc(Cl)c(=O)n(C)c1)C2=O. The molecule has 4 aromatic rings. The number of anilines is 1. The molecule has 37 heavy (non-hydrogen) atoms. The van der Waals surface area contributed by atoms with E-state index in [1.165, 1.54) is 10.6 Å². The van der Waals surface area contributed by atoms with Crippen molar-refractivity contribution in [3.05, 3.63) is 91.7 Å². The Bertz CT molecular complexity index is 1580. The van der Waals surface area contributed by atoms with E-state index in [0.29, 0.717) is 33.7 Å². The van der Waals surface area contributed by atoms with E-state index in [1.54, 1.807) is 37.5 Å². The van der Waals surface area contributed by atoms with E-state index in [9.17, 15) is 9.59 Å². The lowest BCUT2D eigenvalue weighted by Crippen LogP contribution is -2.32. The molecule has 5 rings (SSSR count). The topological polar surface area (TPSA) is 82.2 Å². The Balaban J connectivity index is 1.83. The summed E-state index contributed by atoms with van der Waals surface area (Å²) >= 11 is 12.6. The number of methoxy groups -OCH3 is 1. The van der Waals surface area contributed by atoms with Gasteiger partial charge in [0.15, 0.2) is 5.69 Å². The summed E-state index contributed by atoms with van der Waals surface area (Å²) < 4.78 is 8.93. The molecule has 10 heteroatoms. The van der Waals surface area contributed by atoms with Gasteiger partial charge in [-0.3, -0.25) is 14.5 Å². The van der Waals surface area contributed by atoms with Gasteiger partial charge in [0, 0.05) is 30.5 Å². The summed E-state index contributed by atoms with van der Waals surface area (Å²) in [5, 5.41) is 0.622. The van der Waals surface area contributed by atoms with Gasteiger partial charge in [-0.15, -0.1) is 0 Å². The first-order chi connectivity index (χ1) is 17.6. The predicted octanol–water partition coefficient (Wildman–Crippen LogP) is 5.60. The number of carbonyl (C=O) groups is 1. The lowest BCUT2D eigenvalue weighted by atomic mass is 9.98. The number of halogens is 2. The molecule has 0 radical (unpaired) electrons. The fourth-order valence-electron chi connectivity index (χ4n) is 4.94. The Morgan fingerprint density at radius 2 is 1.86 bits per heavy atom. The first kappa shape index (κ1) is 25.0. The van der Waals surface area contributed by atoms with Gasteiger partial charge in [-0.25, -0.2) is 9.97 Å². The maximum Gasteiger partial charge on any atom is 0.279 e. The standard InChI is InChI=1S/C27H25Cl2N5O3/c1-14(2)33-23-21(31-24(33)19-7-6-10-30-25(19)37-5)27(36)34(17-12-20(29)26(35)32(4)13-17)22(23)18-9-8-16(28)11-15(18)3/h6-14,22H,1-5H3. The van der Waals surface area contributed by atoms with Gasteiger partial charge < -0.3 is 13.9 Å². The molecular formula is C27H25Cl2N5O3. The minimum atomic E-state index is -0.542. The van der Waals surface area contributed by atoms with Crippen LogP contribution in [0.25, 0.3) is 11.4 Å². The quantitative estimate of drug-likeness (QED) is 0.331. The molecule has 1 unspecified atom stereocenters. The number of fused-ring (bicyclic) bond motifs is 1. The molecule has 190 valence electrons. The van der Waals surface area contributed by atoms with Crippen molar-refractivity contribution >= 4 is 34.8 Å². The fraction of sp³-hybridized carbons (Fsp3) is 0.259. The Labute approximate surface area is 224 Å². The van der Waals surface area contributed by atoms with Crippen molar-refractivity contribution in [1.82, 2.24) is 19.1 Å². The lowest BCUT2D eigenvalue weighted by Gasteiger charge is -2.29. The summed E-state index contributed by atoms with van der Waals surface area (Å²) in [5.41, 5.74) is 3.68. The van der Waals surface area contributed by atoms with Gasteiger partial charge in [0.05, 0.1) is 24.1 Å². The Kier molecular flexibility index (Phi) is 6.33. The van der Waals surface area contributed by atoms with Crippen LogP contribution in [0.2, 0.25) is 10.0 Å². The second kappa shape index (κ2) is 9.36. The zero-order valence-corrected chi connectivity index (χ0v) is 22.5. The molecule has 1 aliphatic heterocycles. The third-order valence-corrected chi connectivity index (χ3v) is 7.04. The van der Waals surface area contributed by atoms with Crippen LogP contribution in [0.15, 0.2) is 53.6 Å². The monoisotopic (exact) mass is 537 g/mol. The normalized spacial score (nSPS) is 15.0. The number of carbonyl (C=O) groups excluding carboxylic acids is 1. The van der Waals surface area contributed by atoms with Gasteiger partial charge in [-0.2, -0.15) is 0 Å². The van der Waals surface area contributed by atoms with Gasteiger partial charge in [0.2, 0.25) is 5.88 Å². The van der Waals surface area contributed by atoms with E-state index >= 15 is 0 Å². The van der Waals surface area contributed by atoms with Crippen LogP contribution in [-0.4, -0.2) is 32.1 Å². The zero-order valence-electron chi connectivity index (χ0n) is 21.0. The van der Waals surface area contributed by atoms with Crippen molar-refractivity contribution in [2.45, 2.75) is 32.9 Å². The van der Waals surface area contributed by atoms with E-state index in [0.717, 1.165) is 16.8 Å². The highest BCUT2D eigenvalue weighted by atomic mass is 35.5. The molecule has 3 aromatic heterocycles. The number of aromatic nitrogens is 4. The number of rotatable bonds is 5. The third-order valence-electron chi connectivity index (χ3n) is 6.54. The number of amides is 1. The van der Waals surface area contributed by atoms with Crippen LogP contribution in [0.5, 0.6) is 5.88 Å². The maximum atomic E-state index is 14.1. The van der Waals surface area contributed by atoms with Crippen molar-refractivity contribution in [2.24, 2.45) is 7.05 Å². The highest BCUT2D eigenvalue weighted by Gasteiger charge is 2.45. The second-order valence-corrected chi connectivity index (χ2v) is 10.1. The highest BCUT2D eigenvalue weighted by Crippen LogP contribution is 2.46. The number of ether oxygens (including phenoxy) is 1. The zero-order chi connectivity index (χ0) is 26.6. The van der Waals surface area contributed by atoms with Crippen LogP contribution in [-0.2, 0) is 7.05 Å². The Morgan fingerprint density at radius 1 is 1.11 bits per heavy atom. The number of hydrogen-bond acceptors (Lipinski definition) is 5. The molecule has 0 saturated heterocycles. The largest absolute Gasteiger partial charge is 0.480 e. The van der Waals surface area contributed by atoms with E-state index < -0.39 is 6.04 Å². The molecule has 8 nitrogen and oxygen atoms in total. The van der Waals surface area contributed by atoms with Crippen molar-refractivity contribution < 1.29 is 9.53 Å². The summed E-state index contributed by atoms with van der Waals surface area (Å²) in [6.07, 6.45) is 3.26. The molecule has 1 amide bonds. The van der Waals surface area contributed by atoms with E-state index in [1.807, 2.05) is 45.0 Å². The lowest BCUT2D eigenvalue weighted by molar-refractivity contribution is 0.0989. The smallest absolute Gasteiger partial charge is 0.279 e. The second-order valence-electron chi connectivity index (χ2n) is 9.23. The van der Waals surface area contributed by atoms with Crippen LogP contribution in [0, 0.1) is 6.92 Å². The number of hydrogen-bond donors (Lipinski definition) is 0. The van der Waals surface area contributed by atoms with Gasteiger partial charge in [0.25, 0.3) is 11.5 Å². The highest BCUT2D eigenvalue weighted by molar-refractivity contribution is 6.31. The number of benzene rings is 1. The molecule has 1 aliphatic rings. The minimum Gasteiger partial charge on any atom is -0.480 e. The van der Waals surface area contributed by atoms with E-state index in [2.05, 4.69) is 9.55 Å². The number of imidazole rings is 1. The summed E-state index contributed by atoms with van der Waals surface area (Å²) in [6.45, 7) is 6.03. The summed E-state index contributed by atoms with van der Waals surface area (Å²) in [7, 11) is 3.16. The third kappa shape index (κ3) is 4.01. The van der Waals surface area contributed by atoms with Crippen LogP contribution in [0.3, 0.4) is 0 Å². The van der Waals surface area contributed by atoms with Gasteiger partial charge in [-0.1, -0.05) is 29.3 Å². The summed E-state index contributed by atoms with van der Waals surface area (Å²) in [6, 6.07) is 10.2. The molecule has 0 saturated carbocycles. The van der Waals surface area contributed by atoms with E-state index in [4.69, 9.17) is 32.9 Å². The van der Waals surface area contributed by atoms with Gasteiger partial charge in [0.1, 0.15) is 16.9 Å². The maximum absolute atomic E-state index is 14.1. The average Bonchev–Trinajstić information content (AvgIpc) is 3.37. The molecule has 0 spiro atoms. The molecule has 4 heterocycles. The van der Waals surface area contributed by atoms with Crippen LogP contribution in [0.1, 0.15) is 53.2 Å². The van der Waals surface area contributed by atoms with Crippen molar-refractivity contribution in [3.63, 3.8) is 0 Å². The van der Waals surface area contributed by atoms with Crippen LogP contribution < -0.4 is 15.2 Å². The predicted molar refractivity (Wildman–Crippen MR) is 144 cm³/mol. The molecule has 0 N–H and O–H groups in total. The molecule has 0 bridgehead atoms. The fourth-order valence-corrected chi connectivity index (χ4v) is 5.41. The van der Waals surface area contributed by atoms with Crippen LogP contribution in [0.4, 0.5) is 5.69 Å². The Hall–Kier alpha value is -3.62. The summed E-state index contributed by atoms with van der Waals surface area (Å²) in [4.78, 5) is 37.2. The first-order valence-electron chi connectivity index (χ1n) is 11.7. The molecule has 1 atom stereocenters. The van der Waals surface area contributed by atoms with Crippen molar-refractivity contribution in [2.75, 3.05) is 12.0 Å². The van der Waals surface area contributed by atoms with Crippen molar-refractivity contribution in [1.29, 1.82) is 0 Å². The number of nitrogens with zero attached hydrogens (tertiary/aromatic N) is 5. The molecular weight excluding hydrogens is 513 g/mol. The number of pyridine rings is 2.